The van der Waals surface area contributed by atoms with Gasteiger partial charge in [-0.2, -0.15) is 16.3 Å². The molecule has 3 heterocycles. The topological polar surface area (TPSA) is 71.3 Å². The van der Waals surface area contributed by atoms with Gasteiger partial charge in [0.15, 0.2) is 5.82 Å². The highest BCUT2D eigenvalue weighted by Crippen LogP contribution is 2.17. The quantitative estimate of drug-likeness (QED) is 0.932. The van der Waals surface area contributed by atoms with Crippen molar-refractivity contribution < 1.29 is 9.32 Å². The molecule has 0 unspecified atom stereocenters. The molecule has 3 rings (SSSR count). The molecule has 1 N–H and O–H groups in total. The number of amides is 1. The van der Waals surface area contributed by atoms with E-state index >= 15 is 0 Å². The summed E-state index contributed by atoms with van der Waals surface area (Å²) in [5, 5.41) is 10.4. The molecule has 21 heavy (non-hydrogen) atoms. The fraction of sp³-hybridized carbons (Fsp3) is 0.357. The van der Waals surface area contributed by atoms with Crippen LogP contribution in [0.5, 0.6) is 0 Å². The molecule has 0 radical (unpaired) electrons. The standard InChI is InChI=1S/C14H16N4O2S/c1-18-5-2-3-10(8-18)13-16-12(20-17-13)7-15-14(19)11-4-6-21-9-11/h3-4,6,9H,2,5,7-8H2,1H3,(H,15,19). The van der Waals surface area contributed by atoms with Crippen LogP contribution in [0.15, 0.2) is 27.4 Å². The lowest BCUT2D eigenvalue weighted by molar-refractivity contribution is 0.0946. The number of thiophene rings is 1. The van der Waals surface area contributed by atoms with Crippen LogP contribution in [-0.4, -0.2) is 41.1 Å². The summed E-state index contributed by atoms with van der Waals surface area (Å²) in [6, 6.07) is 1.78. The Morgan fingerprint density at radius 3 is 3.24 bits per heavy atom. The van der Waals surface area contributed by atoms with E-state index in [0.717, 1.165) is 25.1 Å². The summed E-state index contributed by atoms with van der Waals surface area (Å²) in [5.41, 5.74) is 1.72. The van der Waals surface area contributed by atoms with Crippen LogP contribution in [0.2, 0.25) is 0 Å². The first kappa shape index (κ1) is 14.0. The summed E-state index contributed by atoms with van der Waals surface area (Å²) in [5.74, 6) is 0.900. The fourth-order valence-electron chi connectivity index (χ4n) is 2.16. The predicted octanol–water partition coefficient (Wildman–Crippen LogP) is 1.78. The Balaban J connectivity index is 1.60. The van der Waals surface area contributed by atoms with Gasteiger partial charge in [0.25, 0.3) is 5.91 Å². The van der Waals surface area contributed by atoms with E-state index < -0.39 is 0 Å². The first-order chi connectivity index (χ1) is 10.2. The highest BCUT2D eigenvalue weighted by Gasteiger charge is 2.16. The molecule has 0 atom stereocenters. The number of likely N-dealkylation sites (N-methyl/N-ethyl adjacent to an activating group) is 1. The molecule has 0 aromatic carbocycles. The maximum absolute atomic E-state index is 11.8. The molecule has 1 aliphatic rings. The van der Waals surface area contributed by atoms with Gasteiger partial charge in [-0.05, 0) is 24.9 Å². The van der Waals surface area contributed by atoms with Crippen molar-refractivity contribution >= 4 is 22.8 Å². The molecule has 1 aliphatic heterocycles. The second-order valence-electron chi connectivity index (χ2n) is 4.96. The van der Waals surface area contributed by atoms with Gasteiger partial charge in [-0.15, -0.1) is 0 Å². The molecule has 0 fully saturated rings. The maximum atomic E-state index is 11.8. The molecule has 0 bridgehead atoms. The zero-order valence-electron chi connectivity index (χ0n) is 11.7. The van der Waals surface area contributed by atoms with Crippen LogP contribution in [-0.2, 0) is 6.54 Å². The summed E-state index contributed by atoms with van der Waals surface area (Å²) in [7, 11) is 2.06. The van der Waals surface area contributed by atoms with E-state index in [1.807, 2.05) is 5.38 Å². The summed E-state index contributed by atoms with van der Waals surface area (Å²) in [6.45, 7) is 2.11. The number of rotatable bonds is 4. The molecule has 0 saturated heterocycles. The van der Waals surface area contributed by atoms with Crippen LogP contribution >= 0.6 is 11.3 Å². The van der Waals surface area contributed by atoms with Gasteiger partial charge in [0.05, 0.1) is 6.54 Å². The lowest BCUT2D eigenvalue weighted by atomic mass is 10.1. The van der Waals surface area contributed by atoms with Gasteiger partial charge in [0.1, 0.15) is 0 Å². The molecule has 0 saturated carbocycles. The fourth-order valence-corrected chi connectivity index (χ4v) is 2.80. The average Bonchev–Trinajstić information content (AvgIpc) is 3.16. The third-order valence-corrected chi connectivity index (χ3v) is 3.96. The first-order valence-corrected chi connectivity index (χ1v) is 7.67. The van der Waals surface area contributed by atoms with E-state index in [1.54, 1.807) is 11.4 Å². The van der Waals surface area contributed by atoms with Crippen LogP contribution in [0.4, 0.5) is 0 Å². The summed E-state index contributed by atoms with van der Waals surface area (Å²) < 4.78 is 5.19. The second kappa shape index (κ2) is 6.19. The number of nitrogens with zero attached hydrogens (tertiary/aromatic N) is 3. The monoisotopic (exact) mass is 304 g/mol. The zero-order chi connectivity index (χ0) is 14.7. The van der Waals surface area contributed by atoms with Crippen molar-refractivity contribution in [3.05, 3.63) is 40.2 Å². The van der Waals surface area contributed by atoms with Crippen molar-refractivity contribution in [2.75, 3.05) is 20.1 Å². The van der Waals surface area contributed by atoms with Gasteiger partial charge in [0, 0.05) is 29.6 Å². The minimum atomic E-state index is -0.132. The number of carbonyl (C=O) groups excluding carboxylic acids is 1. The van der Waals surface area contributed by atoms with Crippen LogP contribution in [0.25, 0.3) is 5.57 Å². The summed E-state index contributed by atoms with van der Waals surface area (Å²) in [6.07, 6.45) is 3.13. The van der Waals surface area contributed by atoms with Gasteiger partial charge in [-0.3, -0.25) is 4.79 Å². The lowest BCUT2D eigenvalue weighted by Crippen LogP contribution is -2.25. The highest BCUT2D eigenvalue weighted by molar-refractivity contribution is 7.08. The Kier molecular flexibility index (Phi) is 4.12. The molecule has 7 heteroatoms. The van der Waals surface area contributed by atoms with Gasteiger partial charge in [-0.1, -0.05) is 11.2 Å². The third kappa shape index (κ3) is 3.37. The van der Waals surface area contributed by atoms with Crippen LogP contribution in [0.3, 0.4) is 0 Å². The Morgan fingerprint density at radius 2 is 2.48 bits per heavy atom. The Bertz CT molecular complexity index is 648. The number of hydrogen-bond acceptors (Lipinski definition) is 6. The normalized spacial score (nSPS) is 15.8. The van der Waals surface area contributed by atoms with Crippen molar-refractivity contribution in [3.63, 3.8) is 0 Å². The van der Waals surface area contributed by atoms with E-state index in [9.17, 15) is 4.79 Å². The van der Waals surface area contributed by atoms with Crippen molar-refractivity contribution in [2.45, 2.75) is 13.0 Å². The molecular weight excluding hydrogens is 288 g/mol. The van der Waals surface area contributed by atoms with Gasteiger partial charge in [0.2, 0.25) is 5.89 Å². The molecule has 0 spiro atoms. The number of hydrogen-bond donors (Lipinski definition) is 1. The molecule has 6 nitrogen and oxygen atoms in total. The van der Waals surface area contributed by atoms with Crippen LogP contribution in [0, 0.1) is 0 Å². The molecule has 110 valence electrons. The van der Waals surface area contributed by atoms with Crippen LogP contribution < -0.4 is 5.32 Å². The smallest absolute Gasteiger partial charge is 0.252 e. The van der Waals surface area contributed by atoms with Gasteiger partial charge < -0.3 is 14.7 Å². The van der Waals surface area contributed by atoms with Crippen molar-refractivity contribution in [1.82, 2.24) is 20.4 Å². The first-order valence-electron chi connectivity index (χ1n) is 6.73. The van der Waals surface area contributed by atoms with E-state index in [0.29, 0.717) is 17.3 Å². The van der Waals surface area contributed by atoms with E-state index in [2.05, 4.69) is 33.5 Å². The minimum absolute atomic E-state index is 0.132. The largest absolute Gasteiger partial charge is 0.343 e. The third-order valence-electron chi connectivity index (χ3n) is 3.28. The Morgan fingerprint density at radius 1 is 1.57 bits per heavy atom. The second-order valence-corrected chi connectivity index (χ2v) is 5.74. The minimum Gasteiger partial charge on any atom is -0.343 e. The number of carbonyl (C=O) groups is 1. The number of aromatic nitrogens is 2. The molecule has 0 aliphatic carbocycles. The van der Waals surface area contributed by atoms with E-state index in [4.69, 9.17) is 4.52 Å². The molecule has 2 aromatic rings. The lowest BCUT2D eigenvalue weighted by Gasteiger charge is -2.20. The van der Waals surface area contributed by atoms with Gasteiger partial charge in [-0.25, -0.2) is 0 Å². The molecule has 1 amide bonds. The zero-order valence-corrected chi connectivity index (χ0v) is 12.5. The average molecular weight is 304 g/mol. The maximum Gasteiger partial charge on any atom is 0.252 e. The van der Waals surface area contributed by atoms with E-state index in [-0.39, 0.29) is 12.5 Å². The predicted molar refractivity (Wildman–Crippen MR) is 79.9 cm³/mol. The summed E-state index contributed by atoms with van der Waals surface area (Å²) >= 11 is 1.49. The van der Waals surface area contributed by atoms with Crippen LogP contribution in [0.1, 0.15) is 28.5 Å². The molecule has 2 aromatic heterocycles. The van der Waals surface area contributed by atoms with E-state index in [1.165, 1.54) is 11.3 Å². The SMILES string of the molecule is CN1CCC=C(c2noc(CNC(=O)c3ccsc3)n2)C1. The van der Waals surface area contributed by atoms with Crippen molar-refractivity contribution in [2.24, 2.45) is 0 Å². The highest BCUT2D eigenvalue weighted by atomic mass is 32.1. The van der Waals surface area contributed by atoms with Crippen molar-refractivity contribution in [1.29, 1.82) is 0 Å². The van der Waals surface area contributed by atoms with Gasteiger partial charge >= 0.3 is 0 Å². The molecular formula is C14H16N4O2S. The number of nitrogens with one attached hydrogen (secondary N) is 1. The van der Waals surface area contributed by atoms with Crippen molar-refractivity contribution in [3.8, 4) is 0 Å². The Hall–Kier alpha value is -1.99. The Labute approximate surface area is 126 Å². The summed E-state index contributed by atoms with van der Waals surface area (Å²) in [4.78, 5) is 18.4.